The molecule has 0 radical (unpaired) electrons. The number of halogens is 3. The van der Waals surface area contributed by atoms with Crippen molar-refractivity contribution < 1.29 is 8.78 Å². The molecule has 1 rings (SSSR count). The van der Waals surface area contributed by atoms with E-state index < -0.39 is 6.43 Å². The third kappa shape index (κ3) is 2.22. The third-order valence-electron chi connectivity index (χ3n) is 1.49. The Morgan fingerprint density at radius 1 is 1.62 bits per heavy atom. The smallest absolute Gasteiger partial charge is 0.259 e. The summed E-state index contributed by atoms with van der Waals surface area (Å²) < 4.78 is 24.7. The number of hydrogen-bond acceptors (Lipinski definition) is 2. The molecule has 2 nitrogen and oxygen atoms in total. The van der Waals surface area contributed by atoms with Crippen molar-refractivity contribution in [2.45, 2.75) is 11.8 Å². The van der Waals surface area contributed by atoms with Crippen LogP contribution in [0.2, 0.25) is 0 Å². The summed E-state index contributed by atoms with van der Waals surface area (Å²) in [6.07, 6.45) is -1.46. The van der Waals surface area contributed by atoms with Crippen molar-refractivity contribution in [3.05, 3.63) is 29.1 Å². The molecule has 1 heterocycles. The Morgan fingerprint density at radius 2 is 2.31 bits per heavy atom. The third-order valence-corrected chi connectivity index (χ3v) is 2.06. The van der Waals surface area contributed by atoms with E-state index in [-0.39, 0.29) is 11.1 Å². The number of nitriles is 1. The molecule has 0 spiro atoms. The quantitative estimate of drug-likeness (QED) is 0.753. The number of alkyl halides is 3. The van der Waals surface area contributed by atoms with Crippen molar-refractivity contribution in [3.63, 3.8) is 0 Å². The number of aromatic nitrogens is 1. The van der Waals surface area contributed by atoms with Gasteiger partial charge in [0.2, 0.25) is 0 Å². The Morgan fingerprint density at radius 3 is 2.77 bits per heavy atom. The molecule has 0 saturated heterocycles. The molecule has 1 aromatic rings. The SMILES string of the molecule is N#Cc1cnc(CBr)cc1C(F)F. The Kier molecular flexibility index (Phi) is 3.32. The van der Waals surface area contributed by atoms with Gasteiger partial charge in [0, 0.05) is 17.1 Å². The summed E-state index contributed by atoms with van der Waals surface area (Å²) in [6.45, 7) is 0. The summed E-state index contributed by atoms with van der Waals surface area (Å²) in [4.78, 5) is 3.81. The summed E-state index contributed by atoms with van der Waals surface area (Å²) in [5.41, 5.74) is 0.168. The summed E-state index contributed by atoms with van der Waals surface area (Å²) in [7, 11) is 0. The fourth-order valence-corrected chi connectivity index (χ4v) is 1.17. The van der Waals surface area contributed by atoms with Gasteiger partial charge in [-0.2, -0.15) is 5.26 Å². The number of pyridine rings is 1. The molecule has 0 saturated carbocycles. The van der Waals surface area contributed by atoms with E-state index in [1.807, 2.05) is 0 Å². The van der Waals surface area contributed by atoms with Crippen molar-refractivity contribution in [2.75, 3.05) is 0 Å². The molecule has 68 valence electrons. The van der Waals surface area contributed by atoms with Crippen LogP contribution in [-0.2, 0) is 5.33 Å². The average Bonchev–Trinajstić information content (AvgIpc) is 2.16. The molecule has 0 fully saturated rings. The van der Waals surface area contributed by atoms with Gasteiger partial charge in [0.1, 0.15) is 6.07 Å². The fourth-order valence-electron chi connectivity index (χ4n) is 0.864. The first-order valence-electron chi connectivity index (χ1n) is 3.42. The number of hydrogen-bond donors (Lipinski definition) is 0. The van der Waals surface area contributed by atoms with Crippen LogP contribution < -0.4 is 0 Å². The minimum absolute atomic E-state index is 0.0697. The first kappa shape index (κ1) is 10.1. The molecule has 0 unspecified atom stereocenters. The van der Waals surface area contributed by atoms with E-state index in [1.54, 1.807) is 6.07 Å². The summed E-state index contributed by atoms with van der Waals surface area (Å²) >= 11 is 3.10. The molecule has 0 N–H and O–H groups in total. The lowest BCUT2D eigenvalue weighted by atomic mass is 10.1. The minimum atomic E-state index is -2.63. The molecule has 0 aliphatic carbocycles. The minimum Gasteiger partial charge on any atom is -0.259 e. The van der Waals surface area contributed by atoms with Gasteiger partial charge in [-0.25, -0.2) is 8.78 Å². The van der Waals surface area contributed by atoms with Crippen LogP contribution in [0.25, 0.3) is 0 Å². The zero-order chi connectivity index (χ0) is 9.84. The predicted molar refractivity (Wildman–Crippen MR) is 46.5 cm³/mol. The molecule has 0 aliphatic heterocycles. The maximum atomic E-state index is 12.3. The van der Waals surface area contributed by atoms with Gasteiger partial charge in [-0.05, 0) is 6.07 Å². The molecule has 0 amide bonds. The highest BCUT2D eigenvalue weighted by Gasteiger charge is 2.13. The Balaban J connectivity index is 3.20. The van der Waals surface area contributed by atoms with Crippen LogP contribution in [0.3, 0.4) is 0 Å². The molecule has 13 heavy (non-hydrogen) atoms. The highest BCUT2D eigenvalue weighted by atomic mass is 79.9. The zero-order valence-corrected chi connectivity index (χ0v) is 8.05. The van der Waals surface area contributed by atoms with E-state index in [0.717, 1.165) is 6.20 Å². The van der Waals surface area contributed by atoms with Crippen LogP contribution in [0.5, 0.6) is 0 Å². The second-order valence-corrected chi connectivity index (χ2v) is 2.87. The van der Waals surface area contributed by atoms with Gasteiger partial charge < -0.3 is 0 Å². The number of nitrogens with zero attached hydrogens (tertiary/aromatic N) is 2. The summed E-state index contributed by atoms with van der Waals surface area (Å²) in [5, 5.41) is 8.90. The van der Waals surface area contributed by atoms with Crippen molar-refractivity contribution in [3.8, 4) is 6.07 Å². The fraction of sp³-hybridized carbons (Fsp3) is 0.250. The van der Waals surface area contributed by atoms with Crippen LogP contribution in [0.15, 0.2) is 12.3 Å². The van der Waals surface area contributed by atoms with Gasteiger partial charge in [-0.15, -0.1) is 0 Å². The Hall–Kier alpha value is -1.02. The molecular weight excluding hydrogens is 242 g/mol. The second-order valence-electron chi connectivity index (χ2n) is 2.31. The van der Waals surface area contributed by atoms with Crippen LogP contribution in [0.4, 0.5) is 8.78 Å². The lowest BCUT2D eigenvalue weighted by Gasteiger charge is -2.03. The van der Waals surface area contributed by atoms with Gasteiger partial charge in [-0.1, -0.05) is 15.9 Å². The largest absolute Gasteiger partial charge is 0.265 e. The van der Waals surface area contributed by atoms with E-state index >= 15 is 0 Å². The standard InChI is InChI=1S/C8H5BrF2N2/c9-2-6-1-7(8(10)11)5(3-12)4-13-6/h1,4,8H,2H2. The lowest BCUT2D eigenvalue weighted by Crippen LogP contribution is -1.95. The molecule has 0 aliphatic rings. The van der Waals surface area contributed by atoms with Gasteiger partial charge in [0.05, 0.1) is 11.3 Å². The maximum absolute atomic E-state index is 12.3. The average molecular weight is 247 g/mol. The molecular formula is C8H5BrF2N2. The highest BCUT2D eigenvalue weighted by molar-refractivity contribution is 9.08. The van der Waals surface area contributed by atoms with E-state index in [1.165, 1.54) is 6.07 Å². The zero-order valence-electron chi connectivity index (χ0n) is 6.47. The molecule has 5 heteroatoms. The van der Waals surface area contributed by atoms with E-state index in [2.05, 4.69) is 20.9 Å². The normalized spacial score (nSPS) is 10.1. The lowest BCUT2D eigenvalue weighted by molar-refractivity contribution is 0.151. The van der Waals surface area contributed by atoms with Crippen LogP contribution in [0.1, 0.15) is 23.2 Å². The topological polar surface area (TPSA) is 36.7 Å². The molecule has 0 atom stereocenters. The first-order chi connectivity index (χ1) is 6.19. The van der Waals surface area contributed by atoms with Gasteiger partial charge in [0.25, 0.3) is 6.43 Å². The van der Waals surface area contributed by atoms with Crippen LogP contribution >= 0.6 is 15.9 Å². The van der Waals surface area contributed by atoms with E-state index in [9.17, 15) is 8.78 Å². The van der Waals surface area contributed by atoms with Gasteiger partial charge in [0.15, 0.2) is 0 Å². The monoisotopic (exact) mass is 246 g/mol. The second kappa shape index (κ2) is 4.28. The van der Waals surface area contributed by atoms with Crippen LogP contribution in [0, 0.1) is 11.3 Å². The van der Waals surface area contributed by atoms with Crippen molar-refractivity contribution in [1.29, 1.82) is 5.26 Å². The number of rotatable bonds is 2. The first-order valence-corrected chi connectivity index (χ1v) is 4.54. The van der Waals surface area contributed by atoms with Crippen LogP contribution in [-0.4, -0.2) is 4.98 Å². The summed E-state index contributed by atoms with van der Waals surface area (Å²) in [6, 6.07) is 2.90. The Bertz CT molecular complexity index is 346. The van der Waals surface area contributed by atoms with E-state index in [4.69, 9.17) is 5.26 Å². The maximum Gasteiger partial charge on any atom is 0.265 e. The predicted octanol–water partition coefficient (Wildman–Crippen LogP) is 2.79. The molecule has 0 bridgehead atoms. The summed E-state index contributed by atoms with van der Waals surface area (Å²) in [5.74, 6) is 0. The molecule has 1 aromatic heterocycles. The highest BCUT2D eigenvalue weighted by Crippen LogP contribution is 2.23. The van der Waals surface area contributed by atoms with Gasteiger partial charge in [-0.3, -0.25) is 4.98 Å². The van der Waals surface area contributed by atoms with Gasteiger partial charge >= 0.3 is 0 Å². The van der Waals surface area contributed by atoms with E-state index in [0.29, 0.717) is 11.0 Å². The van der Waals surface area contributed by atoms with Crippen molar-refractivity contribution in [2.24, 2.45) is 0 Å². The van der Waals surface area contributed by atoms with Crippen molar-refractivity contribution in [1.82, 2.24) is 4.98 Å². The Labute approximate surface area is 82.3 Å². The molecule has 0 aromatic carbocycles. The van der Waals surface area contributed by atoms with Crippen molar-refractivity contribution >= 4 is 15.9 Å².